The van der Waals surface area contributed by atoms with E-state index < -0.39 is 10.9 Å². The van der Waals surface area contributed by atoms with Gasteiger partial charge in [-0.2, -0.15) is 0 Å². The third kappa shape index (κ3) is 4.72. The van der Waals surface area contributed by atoms with Crippen molar-refractivity contribution in [3.8, 4) is 29.4 Å². The first kappa shape index (κ1) is 17.8. The maximum Gasteiger partial charge on any atom is 0.331 e. The number of ether oxygens (including phenoxy) is 2. The summed E-state index contributed by atoms with van der Waals surface area (Å²) in [7, 11) is 0. The van der Waals surface area contributed by atoms with Gasteiger partial charge in [-0.25, -0.2) is 4.79 Å². The molecular formula is C18H15NO6. The lowest BCUT2D eigenvalue weighted by atomic mass is 10.1. The number of carbonyl (C=O) groups excluding carboxylic acids is 1. The number of nitro benzene ring substituents is 1. The zero-order chi connectivity index (χ0) is 18.2. The molecule has 0 unspecified atom stereocenters. The number of benzene rings is 1. The van der Waals surface area contributed by atoms with Crippen LogP contribution in [0.15, 0.2) is 40.8 Å². The number of hydrogen-bond acceptors (Lipinski definition) is 6. The minimum absolute atomic E-state index is 0.0739. The van der Waals surface area contributed by atoms with Gasteiger partial charge in [-0.15, -0.1) is 6.42 Å². The molecule has 0 atom stereocenters. The summed E-state index contributed by atoms with van der Waals surface area (Å²) in [5.74, 6) is 2.82. The first-order chi connectivity index (χ1) is 12.0. The van der Waals surface area contributed by atoms with Gasteiger partial charge in [-0.1, -0.05) is 5.92 Å². The van der Waals surface area contributed by atoms with Crippen molar-refractivity contribution < 1.29 is 23.6 Å². The van der Waals surface area contributed by atoms with Crippen molar-refractivity contribution >= 4 is 17.7 Å². The van der Waals surface area contributed by atoms with Crippen molar-refractivity contribution in [3.63, 3.8) is 0 Å². The van der Waals surface area contributed by atoms with Gasteiger partial charge in [-0.3, -0.25) is 10.1 Å². The lowest BCUT2D eigenvalue weighted by Crippen LogP contribution is -1.99. The standard InChI is InChI=1S/C18H15NO6/c1-3-11-24-18(20)10-7-14-6-9-16(25-14)15-8-5-13(19(21)22)12-17(15)23-4-2/h1,5-10,12H,4,11H2,2H3/b10-7+. The summed E-state index contributed by atoms with van der Waals surface area (Å²) in [6.45, 7) is 2.02. The molecular weight excluding hydrogens is 326 g/mol. The molecule has 2 aromatic rings. The Balaban J connectivity index is 2.24. The van der Waals surface area contributed by atoms with Gasteiger partial charge in [0.2, 0.25) is 0 Å². The van der Waals surface area contributed by atoms with Crippen molar-refractivity contribution in [3.05, 3.63) is 52.3 Å². The van der Waals surface area contributed by atoms with Gasteiger partial charge < -0.3 is 13.9 Å². The van der Waals surface area contributed by atoms with Crippen LogP contribution >= 0.6 is 0 Å². The van der Waals surface area contributed by atoms with E-state index in [0.717, 1.165) is 0 Å². The van der Waals surface area contributed by atoms with E-state index in [0.29, 0.717) is 29.4 Å². The summed E-state index contributed by atoms with van der Waals surface area (Å²) in [4.78, 5) is 21.8. The van der Waals surface area contributed by atoms with Gasteiger partial charge >= 0.3 is 5.97 Å². The number of furan rings is 1. The summed E-state index contributed by atoms with van der Waals surface area (Å²) < 4.78 is 15.8. The van der Waals surface area contributed by atoms with Crippen LogP contribution in [0.5, 0.6) is 5.75 Å². The molecule has 1 aromatic carbocycles. The quantitative estimate of drug-likeness (QED) is 0.252. The molecule has 25 heavy (non-hydrogen) atoms. The second kappa shape index (κ2) is 8.36. The Labute approximate surface area is 144 Å². The molecule has 0 saturated carbocycles. The van der Waals surface area contributed by atoms with E-state index >= 15 is 0 Å². The van der Waals surface area contributed by atoms with Crippen LogP contribution in [0.2, 0.25) is 0 Å². The second-order valence-corrected chi connectivity index (χ2v) is 4.72. The Kier molecular flexibility index (Phi) is 5.96. The lowest BCUT2D eigenvalue weighted by molar-refractivity contribution is -0.384. The molecule has 0 aliphatic rings. The highest BCUT2D eigenvalue weighted by Gasteiger charge is 2.15. The SMILES string of the molecule is C#CCOC(=O)/C=C/c1ccc(-c2ccc([N+](=O)[O-])cc2OCC)o1. The molecule has 0 fully saturated rings. The van der Waals surface area contributed by atoms with Gasteiger partial charge in [0.15, 0.2) is 6.61 Å². The highest BCUT2D eigenvalue weighted by Crippen LogP contribution is 2.34. The van der Waals surface area contributed by atoms with E-state index in [9.17, 15) is 14.9 Å². The van der Waals surface area contributed by atoms with E-state index in [-0.39, 0.29) is 12.3 Å². The van der Waals surface area contributed by atoms with Crippen molar-refractivity contribution in [2.24, 2.45) is 0 Å². The number of nitro groups is 1. The van der Waals surface area contributed by atoms with E-state index in [1.165, 1.54) is 24.3 Å². The number of esters is 1. The fraction of sp³-hybridized carbons (Fsp3) is 0.167. The number of non-ortho nitro benzene ring substituents is 1. The molecule has 1 aromatic heterocycles. The molecule has 2 rings (SSSR count). The van der Waals surface area contributed by atoms with Crippen LogP contribution in [0.25, 0.3) is 17.4 Å². The van der Waals surface area contributed by atoms with Crippen LogP contribution < -0.4 is 4.74 Å². The average Bonchev–Trinajstić information content (AvgIpc) is 3.07. The van der Waals surface area contributed by atoms with Gasteiger partial charge in [0.05, 0.1) is 23.2 Å². The second-order valence-electron chi connectivity index (χ2n) is 4.72. The largest absolute Gasteiger partial charge is 0.493 e. The summed E-state index contributed by atoms with van der Waals surface area (Å²) in [5.41, 5.74) is 0.497. The summed E-state index contributed by atoms with van der Waals surface area (Å²) in [6, 6.07) is 7.59. The zero-order valence-electron chi connectivity index (χ0n) is 13.4. The molecule has 7 nitrogen and oxygen atoms in total. The van der Waals surface area contributed by atoms with Crippen LogP contribution in [-0.2, 0) is 9.53 Å². The van der Waals surface area contributed by atoms with Crippen molar-refractivity contribution in [1.82, 2.24) is 0 Å². The molecule has 7 heteroatoms. The van der Waals surface area contributed by atoms with Gasteiger partial charge in [0.1, 0.15) is 17.3 Å². The summed E-state index contributed by atoms with van der Waals surface area (Å²) >= 11 is 0. The molecule has 0 N–H and O–H groups in total. The van der Waals surface area contributed by atoms with Crippen molar-refractivity contribution in [2.75, 3.05) is 13.2 Å². The van der Waals surface area contributed by atoms with Crippen LogP contribution in [0, 0.1) is 22.5 Å². The zero-order valence-corrected chi connectivity index (χ0v) is 13.4. The van der Waals surface area contributed by atoms with Crippen molar-refractivity contribution in [1.29, 1.82) is 0 Å². The van der Waals surface area contributed by atoms with Crippen LogP contribution in [0.1, 0.15) is 12.7 Å². The topological polar surface area (TPSA) is 91.8 Å². The maximum atomic E-state index is 11.4. The number of carbonyl (C=O) groups is 1. The van der Waals surface area contributed by atoms with Gasteiger partial charge in [-0.05, 0) is 31.2 Å². The van der Waals surface area contributed by atoms with E-state index in [1.807, 2.05) is 0 Å². The maximum absolute atomic E-state index is 11.4. The number of rotatable bonds is 7. The molecule has 128 valence electrons. The molecule has 1 heterocycles. The van der Waals surface area contributed by atoms with Gasteiger partial charge in [0.25, 0.3) is 5.69 Å². The van der Waals surface area contributed by atoms with E-state index in [2.05, 4.69) is 5.92 Å². The molecule has 0 bridgehead atoms. The van der Waals surface area contributed by atoms with Crippen LogP contribution in [0.4, 0.5) is 5.69 Å². The predicted molar refractivity (Wildman–Crippen MR) is 90.8 cm³/mol. The van der Waals surface area contributed by atoms with Gasteiger partial charge in [0, 0.05) is 12.1 Å². The molecule has 0 aliphatic carbocycles. The normalized spacial score (nSPS) is 10.4. The van der Waals surface area contributed by atoms with E-state index in [1.54, 1.807) is 25.1 Å². The first-order valence-corrected chi connectivity index (χ1v) is 7.35. The number of hydrogen-bond donors (Lipinski definition) is 0. The fourth-order valence-electron chi connectivity index (χ4n) is 2.00. The highest BCUT2D eigenvalue weighted by molar-refractivity contribution is 5.86. The molecule has 0 radical (unpaired) electrons. The van der Waals surface area contributed by atoms with E-state index in [4.69, 9.17) is 20.3 Å². The molecule has 0 aliphatic heterocycles. The fourth-order valence-corrected chi connectivity index (χ4v) is 2.00. The minimum Gasteiger partial charge on any atom is -0.493 e. The Hall–Kier alpha value is -3.53. The molecule has 0 saturated heterocycles. The monoisotopic (exact) mass is 341 g/mol. The average molecular weight is 341 g/mol. The Morgan fingerprint density at radius 3 is 2.88 bits per heavy atom. The molecule has 0 spiro atoms. The number of terminal acetylenes is 1. The first-order valence-electron chi connectivity index (χ1n) is 7.35. The third-order valence-corrected chi connectivity index (χ3v) is 3.05. The third-order valence-electron chi connectivity index (χ3n) is 3.05. The Morgan fingerprint density at radius 1 is 1.40 bits per heavy atom. The summed E-state index contributed by atoms with van der Waals surface area (Å²) in [6.07, 6.45) is 7.63. The Bertz CT molecular complexity index is 843. The minimum atomic E-state index is -0.582. The predicted octanol–water partition coefficient (Wildman–Crippen LogP) is 3.44. The highest BCUT2D eigenvalue weighted by atomic mass is 16.6. The smallest absolute Gasteiger partial charge is 0.331 e. The summed E-state index contributed by atoms with van der Waals surface area (Å²) in [5, 5.41) is 10.9. The van der Waals surface area contributed by atoms with Crippen molar-refractivity contribution in [2.45, 2.75) is 6.92 Å². The molecule has 0 amide bonds. The Morgan fingerprint density at radius 2 is 2.20 bits per heavy atom. The van der Waals surface area contributed by atoms with Crippen LogP contribution in [0.3, 0.4) is 0 Å². The lowest BCUT2D eigenvalue weighted by Gasteiger charge is -2.07. The van der Waals surface area contributed by atoms with Crippen LogP contribution in [-0.4, -0.2) is 24.1 Å². The number of nitrogens with zero attached hydrogens (tertiary/aromatic N) is 1.